The van der Waals surface area contributed by atoms with Gasteiger partial charge in [-0.05, 0) is 33.6 Å². The lowest BCUT2D eigenvalue weighted by Gasteiger charge is -2.34. The molecule has 1 aliphatic rings. The largest absolute Gasteiger partial charge is 0.444 e. The van der Waals surface area contributed by atoms with Gasteiger partial charge in [-0.25, -0.2) is 4.79 Å². The van der Waals surface area contributed by atoms with Gasteiger partial charge in [-0.2, -0.15) is 0 Å². The number of carbonyl (C=O) groups is 2. The lowest BCUT2D eigenvalue weighted by Crippen LogP contribution is -2.49. The van der Waals surface area contributed by atoms with E-state index >= 15 is 0 Å². The van der Waals surface area contributed by atoms with Gasteiger partial charge in [0.1, 0.15) is 11.4 Å². The second kappa shape index (κ2) is 7.25. The second-order valence-electron chi connectivity index (χ2n) is 6.69. The topological polar surface area (TPSA) is 55.8 Å². The summed E-state index contributed by atoms with van der Waals surface area (Å²) in [5, 5.41) is 0. The molecule has 0 aromatic rings. The van der Waals surface area contributed by atoms with Crippen molar-refractivity contribution in [1.82, 2.24) is 4.90 Å². The molecule has 0 aromatic carbocycles. The highest BCUT2D eigenvalue weighted by molar-refractivity contribution is 5.81. The zero-order valence-corrected chi connectivity index (χ0v) is 14.1. The highest BCUT2D eigenvalue weighted by Gasteiger charge is 2.40. The molecule has 5 nitrogen and oxygen atoms in total. The molecule has 5 heteroatoms. The van der Waals surface area contributed by atoms with Crippen molar-refractivity contribution in [2.75, 3.05) is 13.7 Å². The van der Waals surface area contributed by atoms with Crippen LogP contribution in [0.25, 0.3) is 0 Å². The smallest absolute Gasteiger partial charge is 0.410 e. The van der Waals surface area contributed by atoms with Crippen LogP contribution in [0, 0.1) is 5.92 Å². The van der Waals surface area contributed by atoms with E-state index in [1.807, 2.05) is 34.6 Å². The van der Waals surface area contributed by atoms with E-state index in [1.165, 1.54) is 0 Å². The highest BCUT2D eigenvalue weighted by Crippen LogP contribution is 2.28. The van der Waals surface area contributed by atoms with Gasteiger partial charge in [0.05, 0.1) is 12.1 Å². The van der Waals surface area contributed by atoms with E-state index in [2.05, 4.69) is 0 Å². The summed E-state index contributed by atoms with van der Waals surface area (Å²) in [4.78, 5) is 26.0. The summed E-state index contributed by atoms with van der Waals surface area (Å²) < 4.78 is 11.0. The first kappa shape index (κ1) is 18.0. The van der Waals surface area contributed by atoms with Crippen LogP contribution in [0.15, 0.2) is 0 Å². The standard InChI is InChI=1S/C16H29NO4/c1-7-13(18)11(2)14(20-6)12-9-8-10-17(12)15(19)21-16(3,4)5/h11-12,14H,7-10H2,1-6H3/t11-,12-,14+/m0/s1. The first-order valence-electron chi connectivity index (χ1n) is 7.76. The fourth-order valence-corrected chi connectivity index (χ4v) is 2.88. The number of hydrogen-bond donors (Lipinski definition) is 0. The molecule has 0 unspecified atom stereocenters. The maximum Gasteiger partial charge on any atom is 0.410 e. The highest BCUT2D eigenvalue weighted by atomic mass is 16.6. The third kappa shape index (κ3) is 4.70. The van der Waals surface area contributed by atoms with Gasteiger partial charge in [0.25, 0.3) is 0 Å². The van der Waals surface area contributed by atoms with Gasteiger partial charge >= 0.3 is 6.09 Å². The summed E-state index contributed by atoms with van der Waals surface area (Å²) in [5.74, 6) is -0.0501. The number of Topliss-reactive ketones (excluding diaryl/α,β-unsaturated/α-hetero) is 1. The second-order valence-corrected chi connectivity index (χ2v) is 6.69. The van der Waals surface area contributed by atoms with Crippen LogP contribution < -0.4 is 0 Å². The normalized spacial score (nSPS) is 22.0. The van der Waals surface area contributed by atoms with E-state index < -0.39 is 5.60 Å². The van der Waals surface area contributed by atoms with Crippen LogP contribution in [0.1, 0.15) is 53.9 Å². The number of methoxy groups -OCH3 is 1. The Labute approximate surface area is 128 Å². The van der Waals surface area contributed by atoms with Crippen molar-refractivity contribution in [3.05, 3.63) is 0 Å². The van der Waals surface area contributed by atoms with Gasteiger partial charge in [-0.15, -0.1) is 0 Å². The molecule has 122 valence electrons. The molecule has 0 N–H and O–H groups in total. The molecule has 1 saturated heterocycles. The average molecular weight is 299 g/mol. The summed E-state index contributed by atoms with van der Waals surface area (Å²) >= 11 is 0. The van der Waals surface area contributed by atoms with E-state index in [0.717, 1.165) is 12.8 Å². The number of rotatable bonds is 5. The Morgan fingerprint density at radius 1 is 1.33 bits per heavy atom. The summed E-state index contributed by atoms with van der Waals surface area (Å²) in [6, 6.07) is -0.0876. The lowest BCUT2D eigenvalue weighted by molar-refractivity contribution is -0.128. The van der Waals surface area contributed by atoms with E-state index in [9.17, 15) is 9.59 Å². The molecule has 0 radical (unpaired) electrons. The maximum absolute atomic E-state index is 12.3. The number of amides is 1. The number of likely N-dealkylation sites (tertiary alicyclic amines) is 1. The van der Waals surface area contributed by atoms with Crippen LogP contribution in [0.4, 0.5) is 4.79 Å². The number of nitrogens with zero attached hydrogens (tertiary/aromatic N) is 1. The van der Waals surface area contributed by atoms with Crippen LogP contribution in [-0.2, 0) is 14.3 Å². The van der Waals surface area contributed by atoms with Gasteiger partial charge in [0.15, 0.2) is 0 Å². The molecule has 0 spiro atoms. The van der Waals surface area contributed by atoms with Crippen LogP contribution >= 0.6 is 0 Å². The minimum absolute atomic E-state index is 0.0876. The molecule has 0 saturated carbocycles. The van der Waals surface area contributed by atoms with Gasteiger partial charge in [0, 0.05) is 26.0 Å². The average Bonchev–Trinajstić information content (AvgIpc) is 2.85. The minimum Gasteiger partial charge on any atom is -0.444 e. The predicted molar refractivity (Wildman–Crippen MR) is 81.2 cm³/mol. The first-order chi connectivity index (χ1) is 9.71. The molecule has 0 aromatic heterocycles. The quantitative estimate of drug-likeness (QED) is 0.783. The Kier molecular flexibility index (Phi) is 6.20. The molecule has 1 heterocycles. The number of carbonyl (C=O) groups excluding carboxylic acids is 2. The van der Waals surface area contributed by atoms with Gasteiger partial charge in [-0.3, -0.25) is 4.79 Å². The number of ether oxygens (including phenoxy) is 2. The fraction of sp³-hybridized carbons (Fsp3) is 0.875. The van der Waals surface area contributed by atoms with Crippen LogP contribution in [0.5, 0.6) is 0 Å². The summed E-state index contributed by atoms with van der Waals surface area (Å²) in [6.45, 7) is 9.96. The van der Waals surface area contributed by atoms with Crippen molar-refractivity contribution < 1.29 is 19.1 Å². The van der Waals surface area contributed by atoms with Crippen molar-refractivity contribution in [3.63, 3.8) is 0 Å². The molecule has 1 rings (SSSR count). The molecule has 1 fully saturated rings. The molecular formula is C16H29NO4. The van der Waals surface area contributed by atoms with E-state index in [0.29, 0.717) is 13.0 Å². The van der Waals surface area contributed by atoms with Crippen LogP contribution in [-0.4, -0.2) is 48.2 Å². The van der Waals surface area contributed by atoms with Crippen molar-refractivity contribution in [2.45, 2.75) is 71.6 Å². The molecule has 1 amide bonds. The Morgan fingerprint density at radius 3 is 2.43 bits per heavy atom. The van der Waals surface area contributed by atoms with Crippen LogP contribution in [0.3, 0.4) is 0 Å². The number of hydrogen-bond acceptors (Lipinski definition) is 4. The third-order valence-electron chi connectivity index (χ3n) is 3.93. The number of ketones is 1. The minimum atomic E-state index is -0.516. The molecule has 3 atom stereocenters. The van der Waals surface area contributed by atoms with E-state index in [4.69, 9.17) is 9.47 Å². The monoisotopic (exact) mass is 299 g/mol. The van der Waals surface area contributed by atoms with Gasteiger partial charge in [0.2, 0.25) is 0 Å². The first-order valence-corrected chi connectivity index (χ1v) is 7.76. The molecular weight excluding hydrogens is 270 g/mol. The summed E-state index contributed by atoms with van der Waals surface area (Å²) in [5.41, 5.74) is -0.516. The maximum atomic E-state index is 12.3. The predicted octanol–water partition coefficient (Wildman–Crippen LogP) is 3.02. The Morgan fingerprint density at radius 2 is 1.95 bits per heavy atom. The molecule has 0 bridgehead atoms. The summed E-state index contributed by atoms with van der Waals surface area (Å²) in [7, 11) is 1.61. The summed E-state index contributed by atoms with van der Waals surface area (Å²) in [6.07, 6.45) is 1.66. The Hall–Kier alpha value is -1.10. The van der Waals surface area contributed by atoms with Crippen molar-refractivity contribution in [2.24, 2.45) is 5.92 Å². The fourth-order valence-electron chi connectivity index (χ4n) is 2.88. The zero-order valence-electron chi connectivity index (χ0n) is 14.1. The van der Waals surface area contributed by atoms with Gasteiger partial charge < -0.3 is 14.4 Å². The SMILES string of the molecule is CCC(=O)[C@H](C)[C@@H](OC)[C@@H]1CCCN1C(=O)OC(C)(C)C. The third-order valence-corrected chi connectivity index (χ3v) is 3.93. The van der Waals surface area contributed by atoms with Crippen molar-refractivity contribution in [1.29, 1.82) is 0 Å². The molecule has 0 aliphatic carbocycles. The molecule has 1 aliphatic heterocycles. The molecule has 21 heavy (non-hydrogen) atoms. The van der Waals surface area contributed by atoms with Crippen molar-refractivity contribution in [3.8, 4) is 0 Å². The van der Waals surface area contributed by atoms with Crippen LogP contribution in [0.2, 0.25) is 0 Å². The Balaban J connectivity index is 2.83. The Bertz CT molecular complexity index is 375. The zero-order chi connectivity index (χ0) is 16.2. The van der Waals surface area contributed by atoms with E-state index in [-0.39, 0.29) is 29.9 Å². The van der Waals surface area contributed by atoms with Crippen molar-refractivity contribution >= 4 is 11.9 Å². The van der Waals surface area contributed by atoms with E-state index in [1.54, 1.807) is 12.0 Å². The lowest BCUT2D eigenvalue weighted by atomic mass is 9.91. The van der Waals surface area contributed by atoms with Gasteiger partial charge in [-0.1, -0.05) is 13.8 Å².